The Morgan fingerprint density at radius 1 is 0.971 bits per heavy atom. The topological polar surface area (TPSA) is 73.0 Å². The van der Waals surface area contributed by atoms with Crippen molar-refractivity contribution in [3.63, 3.8) is 0 Å². The highest BCUT2D eigenvalue weighted by Crippen LogP contribution is 2.40. The minimum atomic E-state index is -0.737. The Kier molecular flexibility index (Phi) is 7.20. The van der Waals surface area contributed by atoms with Crippen LogP contribution in [0.4, 0.5) is 5.69 Å². The Morgan fingerprint density at radius 2 is 1.59 bits per heavy atom. The molecule has 7 heteroatoms. The van der Waals surface area contributed by atoms with E-state index in [2.05, 4.69) is 10.2 Å². The van der Waals surface area contributed by atoms with Gasteiger partial charge in [0.25, 0.3) is 5.91 Å². The number of para-hydroxylation sites is 1. The molecule has 1 unspecified atom stereocenters. The minimum absolute atomic E-state index is 0.0233. The molecule has 0 saturated carbocycles. The fraction of sp³-hybridized carbons (Fsp3) is 0.444. The van der Waals surface area contributed by atoms with E-state index < -0.39 is 5.54 Å². The Balaban J connectivity index is 1.54. The normalized spacial score (nSPS) is 18.3. The van der Waals surface area contributed by atoms with Crippen LogP contribution in [0.25, 0.3) is 0 Å². The van der Waals surface area contributed by atoms with Gasteiger partial charge in [0.15, 0.2) is 0 Å². The predicted octanol–water partition coefficient (Wildman–Crippen LogP) is 2.98. The zero-order valence-electron chi connectivity index (χ0n) is 20.1. The number of hydrogen-bond donors (Lipinski definition) is 1. The molecule has 0 bridgehead atoms. The van der Waals surface area contributed by atoms with E-state index >= 15 is 0 Å². The Morgan fingerprint density at radius 3 is 2.18 bits per heavy atom. The summed E-state index contributed by atoms with van der Waals surface area (Å²) in [4.78, 5) is 45.1. The lowest BCUT2D eigenvalue weighted by molar-refractivity contribution is -0.140. The number of anilines is 1. The third-order valence-electron chi connectivity index (χ3n) is 7.10. The molecule has 1 N–H and O–H groups in total. The standard InChI is InChI=1S/C27H34N4O3/c1-3-23(21-11-7-5-8-12-21)25(33)29-17-15-27(16-18-29)26(34)30(19-24(32)28-4-2)20-31(27)22-13-9-6-10-14-22/h5-14,23H,3-4,15-20H2,1-2H3,(H,28,32). The number of likely N-dealkylation sites (N-methyl/N-ethyl adjacent to an activating group) is 1. The first-order valence-corrected chi connectivity index (χ1v) is 12.2. The number of nitrogens with one attached hydrogen (secondary N) is 1. The molecule has 1 spiro atoms. The Bertz CT molecular complexity index is 1000. The summed E-state index contributed by atoms with van der Waals surface area (Å²) in [5.74, 6) is -0.222. The van der Waals surface area contributed by atoms with Crippen LogP contribution in [-0.2, 0) is 14.4 Å². The third kappa shape index (κ3) is 4.52. The number of hydrogen-bond acceptors (Lipinski definition) is 4. The van der Waals surface area contributed by atoms with Gasteiger partial charge in [0.2, 0.25) is 11.8 Å². The molecule has 2 aromatic carbocycles. The molecule has 2 fully saturated rings. The molecule has 3 amide bonds. The molecular formula is C27H34N4O3. The van der Waals surface area contributed by atoms with E-state index in [1.807, 2.05) is 79.4 Å². The zero-order valence-corrected chi connectivity index (χ0v) is 20.1. The largest absolute Gasteiger partial charge is 0.355 e. The van der Waals surface area contributed by atoms with Gasteiger partial charge in [0, 0.05) is 25.3 Å². The van der Waals surface area contributed by atoms with Gasteiger partial charge < -0.3 is 20.0 Å². The van der Waals surface area contributed by atoms with Gasteiger partial charge in [-0.15, -0.1) is 0 Å². The summed E-state index contributed by atoms with van der Waals surface area (Å²) >= 11 is 0. The number of piperidine rings is 1. The average molecular weight is 463 g/mol. The van der Waals surface area contributed by atoms with Gasteiger partial charge in [0.05, 0.1) is 12.6 Å². The first-order valence-electron chi connectivity index (χ1n) is 12.2. The lowest BCUT2D eigenvalue weighted by Crippen LogP contribution is -2.58. The second kappa shape index (κ2) is 10.3. The average Bonchev–Trinajstić information content (AvgIpc) is 3.12. The van der Waals surface area contributed by atoms with Crippen molar-refractivity contribution in [2.45, 2.75) is 44.6 Å². The summed E-state index contributed by atoms with van der Waals surface area (Å²) in [6, 6.07) is 19.8. The van der Waals surface area contributed by atoms with Gasteiger partial charge in [-0.1, -0.05) is 55.5 Å². The quantitative estimate of drug-likeness (QED) is 0.687. The monoisotopic (exact) mass is 462 g/mol. The van der Waals surface area contributed by atoms with E-state index in [0.717, 1.165) is 17.7 Å². The van der Waals surface area contributed by atoms with Crippen molar-refractivity contribution >= 4 is 23.4 Å². The van der Waals surface area contributed by atoms with Crippen molar-refractivity contribution in [3.05, 3.63) is 66.2 Å². The van der Waals surface area contributed by atoms with Crippen LogP contribution < -0.4 is 10.2 Å². The van der Waals surface area contributed by atoms with Crippen molar-refractivity contribution in [2.75, 3.05) is 37.7 Å². The number of carbonyl (C=O) groups is 3. The van der Waals surface area contributed by atoms with Crippen LogP contribution in [0.3, 0.4) is 0 Å². The molecule has 2 saturated heterocycles. The zero-order chi connectivity index (χ0) is 24.1. The molecule has 180 valence electrons. The predicted molar refractivity (Wildman–Crippen MR) is 132 cm³/mol. The molecular weight excluding hydrogens is 428 g/mol. The molecule has 34 heavy (non-hydrogen) atoms. The van der Waals surface area contributed by atoms with E-state index in [1.165, 1.54) is 0 Å². The molecule has 0 radical (unpaired) electrons. The summed E-state index contributed by atoms with van der Waals surface area (Å²) in [6.07, 6.45) is 1.83. The highest BCUT2D eigenvalue weighted by atomic mass is 16.2. The van der Waals surface area contributed by atoms with Crippen LogP contribution in [0.1, 0.15) is 44.6 Å². The Hall–Kier alpha value is -3.35. The van der Waals surface area contributed by atoms with Gasteiger partial charge >= 0.3 is 0 Å². The molecule has 2 aliphatic rings. The van der Waals surface area contributed by atoms with E-state index in [0.29, 0.717) is 39.1 Å². The number of likely N-dealkylation sites (tertiary alicyclic amines) is 1. The van der Waals surface area contributed by atoms with Gasteiger partial charge in [-0.05, 0) is 43.9 Å². The summed E-state index contributed by atoms with van der Waals surface area (Å²) in [5, 5.41) is 2.79. The number of benzene rings is 2. The molecule has 2 aliphatic heterocycles. The van der Waals surface area contributed by atoms with Crippen LogP contribution in [0.15, 0.2) is 60.7 Å². The number of carbonyl (C=O) groups excluding carboxylic acids is 3. The fourth-order valence-electron chi connectivity index (χ4n) is 5.30. The van der Waals surface area contributed by atoms with Crippen molar-refractivity contribution in [3.8, 4) is 0 Å². The molecule has 1 atom stereocenters. The first kappa shape index (κ1) is 23.8. The second-order valence-corrected chi connectivity index (χ2v) is 9.09. The molecule has 4 rings (SSSR count). The van der Waals surface area contributed by atoms with Gasteiger partial charge in [0.1, 0.15) is 12.1 Å². The molecule has 0 aliphatic carbocycles. The van der Waals surface area contributed by atoms with Crippen LogP contribution in [-0.4, -0.2) is 65.9 Å². The maximum Gasteiger partial charge on any atom is 0.250 e. The lowest BCUT2D eigenvalue weighted by atomic mass is 9.84. The maximum atomic E-state index is 13.7. The first-order chi connectivity index (χ1) is 16.5. The van der Waals surface area contributed by atoms with Crippen molar-refractivity contribution < 1.29 is 14.4 Å². The summed E-state index contributed by atoms with van der Waals surface area (Å²) in [5.41, 5.74) is 1.26. The molecule has 2 heterocycles. The minimum Gasteiger partial charge on any atom is -0.355 e. The third-order valence-corrected chi connectivity index (χ3v) is 7.10. The Labute approximate surface area is 201 Å². The van der Waals surface area contributed by atoms with E-state index in [4.69, 9.17) is 0 Å². The second-order valence-electron chi connectivity index (χ2n) is 9.09. The van der Waals surface area contributed by atoms with E-state index in [9.17, 15) is 14.4 Å². The van der Waals surface area contributed by atoms with E-state index in [-0.39, 0.29) is 30.2 Å². The van der Waals surface area contributed by atoms with Crippen molar-refractivity contribution in [1.29, 1.82) is 0 Å². The van der Waals surface area contributed by atoms with Gasteiger partial charge in [-0.2, -0.15) is 0 Å². The van der Waals surface area contributed by atoms with Crippen molar-refractivity contribution in [1.82, 2.24) is 15.1 Å². The van der Waals surface area contributed by atoms with Crippen LogP contribution >= 0.6 is 0 Å². The van der Waals surface area contributed by atoms with Gasteiger partial charge in [-0.3, -0.25) is 14.4 Å². The van der Waals surface area contributed by atoms with Crippen LogP contribution in [0.5, 0.6) is 0 Å². The maximum absolute atomic E-state index is 13.7. The number of rotatable bonds is 7. The highest BCUT2D eigenvalue weighted by molar-refractivity contribution is 5.96. The summed E-state index contributed by atoms with van der Waals surface area (Å²) < 4.78 is 0. The fourth-order valence-corrected chi connectivity index (χ4v) is 5.30. The lowest BCUT2D eigenvalue weighted by Gasteiger charge is -2.44. The van der Waals surface area contributed by atoms with Crippen LogP contribution in [0, 0.1) is 0 Å². The summed E-state index contributed by atoms with van der Waals surface area (Å²) in [6.45, 7) is 5.90. The van der Waals surface area contributed by atoms with E-state index in [1.54, 1.807) is 4.90 Å². The number of nitrogens with zero attached hydrogens (tertiary/aromatic N) is 3. The molecule has 0 aromatic heterocycles. The summed E-state index contributed by atoms with van der Waals surface area (Å²) in [7, 11) is 0. The van der Waals surface area contributed by atoms with Crippen molar-refractivity contribution in [2.24, 2.45) is 0 Å². The highest BCUT2D eigenvalue weighted by Gasteiger charge is 2.54. The van der Waals surface area contributed by atoms with Crippen LogP contribution in [0.2, 0.25) is 0 Å². The SMILES string of the molecule is CCNC(=O)CN1CN(c2ccccc2)C2(CCN(C(=O)C(CC)c3ccccc3)CC2)C1=O. The molecule has 2 aromatic rings. The van der Waals surface area contributed by atoms with Gasteiger partial charge in [-0.25, -0.2) is 0 Å². The number of amides is 3. The smallest absolute Gasteiger partial charge is 0.250 e. The molecule has 7 nitrogen and oxygen atoms in total.